The van der Waals surface area contributed by atoms with Crippen LogP contribution in [0.3, 0.4) is 0 Å². The van der Waals surface area contributed by atoms with E-state index in [1.54, 1.807) is 6.07 Å². The highest BCUT2D eigenvalue weighted by Gasteiger charge is 2.31. The zero-order chi connectivity index (χ0) is 24.1. The van der Waals surface area contributed by atoms with E-state index in [0.29, 0.717) is 5.69 Å². The van der Waals surface area contributed by atoms with Gasteiger partial charge in [-0.05, 0) is 62.6 Å². The summed E-state index contributed by atoms with van der Waals surface area (Å²) in [5.74, 6) is 0. The van der Waals surface area contributed by atoms with Crippen LogP contribution in [0.15, 0.2) is 60.8 Å². The molecule has 1 saturated heterocycles. The van der Waals surface area contributed by atoms with Crippen LogP contribution in [0.25, 0.3) is 11.1 Å². The Balaban J connectivity index is 1.25. The predicted molar refractivity (Wildman–Crippen MR) is 132 cm³/mol. The van der Waals surface area contributed by atoms with Crippen LogP contribution in [0.1, 0.15) is 29.7 Å². The highest BCUT2D eigenvalue weighted by atomic mass is 19.4. The molecule has 3 aromatic rings. The van der Waals surface area contributed by atoms with E-state index < -0.39 is 11.7 Å². The van der Waals surface area contributed by atoms with Gasteiger partial charge in [-0.1, -0.05) is 35.9 Å². The van der Waals surface area contributed by atoms with Crippen molar-refractivity contribution in [3.8, 4) is 11.1 Å². The number of alkyl halides is 3. The average Bonchev–Trinajstić information content (AvgIpc) is 2.83. The molecule has 0 unspecified atom stereocenters. The van der Waals surface area contributed by atoms with Crippen LogP contribution >= 0.6 is 0 Å². The maximum absolute atomic E-state index is 13.0. The van der Waals surface area contributed by atoms with Crippen LogP contribution in [0.2, 0.25) is 0 Å². The number of hydrogen-bond donors (Lipinski definition) is 1. The van der Waals surface area contributed by atoms with E-state index in [1.165, 1.54) is 17.7 Å². The van der Waals surface area contributed by atoms with Gasteiger partial charge >= 0.3 is 6.18 Å². The van der Waals surface area contributed by atoms with E-state index >= 15 is 0 Å². The standard InChI is InChI=1S/C27H31F3N4/c1-20-6-4-7-21(18-20)24-11-12-32-25(26(24)31)10-2-3-13-33-14-16-34(17-15-33)23-9-5-8-22(19-23)27(28,29)30/h4-9,11-12,18-19H,2-3,10,13-17,31H2,1H3. The van der Waals surface area contributed by atoms with Crippen LogP contribution in [0, 0.1) is 6.92 Å². The first-order chi connectivity index (χ1) is 16.3. The summed E-state index contributed by atoms with van der Waals surface area (Å²) in [4.78, 5) is 8.93. The number of aromatic nitrogens is 1. The van der Waals surface area contributed by atoms with Gasteiger partial charge in [-0.25, -0.2) is 0 Å². The molecule has 4 nitrogen and oxygen atoms in total. The topological polar surface area (TPSA) is 45.4 Å². The quantitative estimate of drug-likeness (QED) is 0.445. The summed E-state index contributed by atoms with van der Waals surface area (Å²) in [6.07, 6.45) is 0.364. The zero-order valence-corrected chi connectivity index (χ0v) is 19.5. The van der Waals surface area contributed by atoms with Crippen molar-refractivity contribution in [3.63, 3.8) is 0 Å². The first kappa shape index (κ1) is 24.1. The number of nitrogen functional groups attached to an aromatic ring is 1. The lowest BCUT2D eigenvalue weighted by Gasteiger charge is -2.36. The number of halogens is 3. The third kappa shape index (κ3) is 5.89. The van der Waals surface area contributed by atoms with E-state index in [9.17, 15) is 13.2 Å². The number of hydrogen-bond acceptors (Lipinski definition) is 4. The summed E-state index contributed by atoms with van der Waals surface area (Å²) in [6.45, 7) is 6.19. The Morgan fingerprint density at radius 3 is 2.44 bits per heavy atom. The van der Waals surface area contributed by atoms with Crippen LogP contribution < -0.4 is 10.6 Å². The van der Waals surface area contributed by atoms with Gasteiger partial charge in [0.25, 0.3) is 0 Å². The lowest BCUT2D eigenvalue weighted by atomic mass is 10.0. The minimum atomic E-state index is -4.31. The van der Waals surface area contributed by atoms with E-state index in [1.807, 2.05) is 23.2 Å². The molecule has 0 saturated carbocycles. The van der Waals surface area contributed by atoms with Gasteiger partial charge in [0.1, 0.15) is 0 Å². The molecular weight excluding hydrogens is 437 g/mol. The maximum Gasteiger partial charge on any atom is 0.416 e. The molecule has 1 fully saturated rings. The Bertz CT molecular complexity index is 1110. The molecule has 0 radical (unpaired) electrons. The van der Waals surface area contributed by atoms with E-state index in [2.05, 4.69) is 35.0 Å². The summed E-state index contributed by atoms with van der Waals surface area (Å²) in [5, 5.41) is 0. The molecule has 34 heavy (non-hydrogen) atoms. The summed E-state index contributed by atoms with van der Waals surface area (Å²) >= 11 is 0. The largest absolute Gasteiger partial charge is 0.416 e. The first-order valence-corrected chi connectivity index (χ1v) is 11.8. The van der Waals surface area contributed by atoms with Gasteiger partial charge in [0.2, 0.25) is 0 Å². The summed E-state index contributed by atoms with van der Waals surface area (Å²) in [6, 6.07) is 15.9. The van der Waals surface area contributed by atoms with Gasteiger partial charge in [-0.3, -0.25) is 9.88 Å². The normalized spacial score (nSPS) is 15.0. The zero-order valence-electron chi connectivity index (χ0n) is 19.5. The van der Waals surface area contributed by atoms with Crippen molar-refractivity contribution in [2.24, 2.45) is 0 Å². The molecule has 1 aliphatic heterocycles. The number of nitrogens with zero attached hydrogens (tertiary/aromatic N) is 3. The lowest BCUT2D eigenvalue weighted by molar-refractivity contribution is -0.137. The molecule has 0 aliphatic carbocycles. The molecule has 1 aliphatic rings. The van der Waals surface area contributed by atoms with Crippen molar-refractivity contribution in [1.82, 2.24) is 9.88 Å². The highest BCUT2D eigenvalue weighted by molar-refractivity contribution is 5.77. The van der Waals surface area contributed by atoms with Crippen molar-refractivity contribution >= 4 is 11.4 Å². The third-order valence-electron chi connectivity index (χ3n) is 6.45. The second kappa shape index (κ2) is 10.5. The molecule has 7 heteroatoms. The lowest BCUT2D eigenvalue weighted by Crippen LogP contribution is -2.46. The molecule has 4 rings (SSSR count). The fraction of sp³-hybridized carbons (Fsp3) is 0.370. The van der Waals surface area contributed by atoms with Crippen molar-refractivity contribution in [1.29, 1.82) is 0 Å². The number of pyridine rings is 1. The Labute approximate surface area is 199 Å². The van der Waals surface area contributed by atoms with Gasteiger partial charge in [-0.15, -0.1) is 0 Å². The smallest absolute Gasteiger partial charge is 0.397 e. The minimum absolute atomic E-state index is 0.591. The highest BCUT2D eigenvalue weighted by Crippen LogP contribution is 2.32. The van der Waals surface area contributed by atoms with Gasteiger partial charge in [-0.2, -0.15) is 13.2 Å². The van der Waals surface area contributed by atoms with Gasteiger partial charge in [0, 0.05) is 43.6 Å². The fourth-order valence-corrected chi connectivity index (χ4v) is 4.52. The van der Waals surface area contributed by atoms with E-state index in [4.69, 9.17) is 5.73 Å². The molecule has 2 N–H and O–H groups in total. The number of unbranched alkanes of at least 4 members (excludes halogenated alkanes) is 1. The number of piperazine rings is 1. The Hall–Kier alpha value is -3.06. The second-order valence-electron chi connectivity index (χ2n) is 8.92. The number of anilines is 2. The van der Waals surface area contributed by atoms with E-state index in [0.717, 1.165) is 80.6 Å². The van der Waals surface area contributed by atoms with Gasteiger partial charge < -0.3 is 10.6 Å². The second-order valence-corrected chi connectivity index (χ2v) is 8.92. The molecule has 0 atom stereocenters. The maximum atomic E-state index is 13.0. The van der Waals surface area contributed by atoms with Crippen molar-refractivity contribution in [2.45, 2.75) is 32.4 Å². The third-order valence-corrected chi connectivity index (χ3v) is 6.45. The van der Waals surface area contributed by atoms with E-state index in [-0.39, 0.29) is 0 Å². The monoisotopic (exact) mass is 468 g/mol. The minimum Gasteiger partial charge on any atom is -0.397 e. The van der Waals surface area contributed by atoms with Crippen LogP contribution in [-0.4, -0.2) is 42.6 Å². The van der Waals surface area contributed by atoms with Gasteiger partial charge in [0.05, 0.1) is 16.9 Å². The van der Waals surface area contributed by atoms with Crippen molar-refractivity contribution < 1.29 is 13.2 Å². The van der Waals surface area contributed by atoms with Crippen LogP contribution in [0.4, 0.5) is 24.5 Å². The summed E-state index contributed by atoms with van der Waals surface area (Å²) < 4.78 is 39.0. The Morgan fingerprint density at radius 1 is 0.941 bits per heavy atom. The number of benzene rings is 2. The van der Waals surface area contributed by atoms with Crippen LogP contribution in [-0.2, 0) is 12.6 Å². The molecular formula is C27H31F3N4. The van der Waals surface area contributed by atoms with Gasteiger partial charge in [0.15, 0.2) is 0 Å². The molecule has 2 aromatic carbocycles. The van der Waals surface area contributed by atoms with Crippen molar-refractivity contribution in [3.05, 3.63) is 77.6 Å². The molecule has 0 spiro atoms. The number of nitrogens with two attached hydrogens (primary N) is 1. The number of aryl methyl sites for hydroxylation is 2. The Morgan fingerprint density at radius 2 is 1.71 bits per heavy atom. The predicted octanol–water partition coefficient (Wildman–Crippen LogP) is 5.80. The van der Waals surface area contributed by atoms with Crippen LogP contribution in [0.5, 0.6) is 0 Å². The summed E-state index contributed by atoms with van der Waals surface area (Å²) in [5.41, 5.74) is 11.5. The molecule has 0 bridgehead atoms. The average molecular weight is 469 g/mol. The molecule has 0 amide bonds. The first-order valence-electron chi connectivity index (χ1n) is 11.8. The number of rotatable bonds is 7. The SMILES string of the molecule is Cc1cccc(-c2ccnc(CCCCN3CCN(c4cccc(C(F)(F)F)c4)CC3)c2N)c1. The molecule has 180 valence electrons. The fourth-order valence-electron chi connectivity index (χ4n) is 4.52. The Kier molecular flexibility index (Phi) is 7.41. The molecule has 1 aromatic heterocycles. The molecule has 2 heterocycles. The van der Waals surface area contributed by atoms with Crippen molar-refractivity contribution in [2.75, 3.05) is 43.4 Å². The summed E-state index contributed by atoms with van der Waals surface area (Å²) in [7, 11) is 0.